The summed E-state index contributed by atoms with van der Waals surface area (Å²) in [6.07, 6.45) is 3.02. The normalized spacial score (nSPS) is 25.0. The zero-order chi connectivity index (χ0) is 14.9. The number of nitrogens with one attached hydrogen (secondary N) is 1. The lowest BCUT2D eigenvalue weighted by atomic mass is 10.0. The first-order valence-corrected chi connectivity index (χ1v) is 9.46. The number of rotatable bonds is 4. The van der Waals surface area contributed by atoms with E-state index in [4.69, 9.17) is 0 Å². The lowest BCUT2D eigenvalue weighted by Crippen LogP contribution is -2.47. The lowest BCUT2D eigenvalue weighted by Gasteiger charge is -2.37. The molecule has 1 aliphatic rings. The highest BCUT2D eigenvalue weighted by molar-refractivity contribution is 7.89. The topological polar surface area (TPSA) is 49.4 Å². The minimum Gasteiger partial charge on any atom is -0.315 e. The largest absolute Gasteiger partial charge is 0.315 e. The summed E-state index contributed by atoms with van der Waals surface area (Å²) in [5.41, 5.74) is 0.866. The van der Waals surface area contributed by atoms with Crippen LogP contribution in [0.2, 0.25) is 0 Å². The van der Waals surface area contributed by atoms with Crippen LogP contribution in [0.5, 0.6) is 0 Å². The molecule has 2 rings (SSSR count). The van der Waals surface area contributed by atoms with Gasteiger partial charge in [0.05, 0.1) is 0 Å². The van der Waals surface area contributed by atoms with E-state index in [0.29, 0.717) is 11.4 Å². The third-order valence-corrected chi connectivity index (χ3v) is 7.57. The summed E-state index contributed by atoms with van der Waals surface area (Å²) >= 11 is 1.53. The molecule has 20 heavy (non-hydrogen) atoms. The van der Waals surface area contributed by atoms with E-state index >= 15 is 0 Å². The number of hydrogen-bond donors (Lipinski definition) is 1. The molecule has 0 saturated carbocycles. The molecule has 1 N–H and O–H groups in total. The molecule has 1 aromatic rings. The van der Waals surface area contributed by atoms with E-state index in [1.165, 1.54) is 11.3 Å². The maximum Gasteiger partial charge on any atom is 0.244 e. The van der Waals surface area contributed by atoms with Gasteiger partial charge in [-0.05, 0) is 51.6 Å². The van der Waals surface area contributed by atoms with E-state index in [0.717, 1.165) is 29.7 Å². The van der Waals surface area contributed by atoms with E-state index in [2.05, 4.69) is 5.32 Å². The van der Waals surface area contributed by atoms with Crippen LogP contribution in [0.25, 0.3) is 0 Å². The fourth-order valence-corrected chi connectivity index (χ4v) is 6.76. The summed E-state index contributed by atoms with van der Waals surface area (Å²) < 4.78 is 27.9. The van der Waals surface area contributed by atoms with Crippen molar-refractivity contribution in [1.82, 2.24) is 9.62 Å². The van der Waals surface area contributed by atoms with Gasteiger partial charge in [-0.25, -0.2) is 8.42 Å². The maximum atomic E-state index is 13.1. The Morgan fingerprint density at radius 1 is 1.35 bits per heavy atom. The summed E-state index contributed by atoms with van der Waals surface area (Å²) in [4.78, 5) is 1.44. The van der Waals surface area contributed by atoms with Crippen LogP contribution in [0.15, 0.2) is 10.3 Å². The fourth-order valence-electron chi connectivity index (χ4n) is 3.09. The van der Waals surface area contributed by atoms with Crippen LogP contribution in [0.3, 0.4) is 0 Å². The number of hydrogen-bond acceptors (Lipinski definition) is 4. The number of aryl methyl sites for hydroxylation is 1. The average molecular weight is 316 g/mol. The van der Waals surface area contributed by atoms with E-state index < -0.39 is 10.0 Å². The molecule has 0 aliphatic carbocycles. The van der Waals surface area contributed by atoms with Crippen molar-refractivity contribution in [3.05, 3.63) is 15.8 Å². The first-order valence-electron chi connectivity index (χ1n) is 7.14. The predicted molar refractivity (Wildman–Crippen MR) is 83.6 cm³/mol. The van der Waals surface area contributed by atoms with Gasteiger partial charge in [-0.15, -0.1) is 11.3 Å². The van der Waals surface area contributed by atoms with Crippen molar-refractivity contribution in [1.29, 1.82) is 0 Å². The van der Waals surface area contributed by atoms with Crippen LogP contribution in [-0.4, -0.2) is 31.9 Å². The predicted octanol–water partition coefficient (Wildman–Crippen LogP) is 2.73. The van der Waals surface area contributed by atoms with Crippen LogP contribution in [0.1, 0.15) is 43.6 Å². The molecular formula is C14H24N2O2S2. The van der Waals surface area contributed by atoms with Gasteiger partial charge in [-0.3, -0.25) is 0 Å². The fraction of sp³-hybridized carbons (Fsp3) is 0.714. The van der Waals surface area contributed by atoms with Crippen molar-refractivity contribution in [3.8, 4) is 0 Å². The average Bonchev–Trinajstić information content (AvgIpc) is 2.71. The van der Waals surface area contributed by atoms with Gasteiger partial charge in [0, 0.05) is 23.5 Å². The molecule has 0 radical (unpaired) electrons. The molecule has 2 atom stereocenters. The Morgan fingerprint density at radius 3 is 2.50 bits per heavy atom. The molecule has 0 unspecified atom stereocenters. The summed E-state index contributed by atoms with van der Waals surface area (Å²) in [5, 5.41) is 5.01. The standard InChI is InChI=1S/C14H24N2O2S2/c1-10-9-19-13(8-15-4)14(10)20(17,18)16-11(2)6-5-7-12(16)3/h9,11-12,15H,5-8H2,1-4H3/t11-,12+. The molecule has 2 heterocycles. The van der Waals surface area contributed by atoms with Crippen molar-refractivity contribution in [2.45, 2.75) is 63.6 Å². The maximum absolute atomic E-state index is 13.1. The zero-order valence-electron chi connectivity index (χ0n) is 12.6. The molecule has 1 aromatic heterocycles. The van der Waals surface area contributed by atoms with Crippen molar-refractivity contribution >= 4 is 21.4 Å². The molecule has 1 fully saturated rings. The highest BCUT2D eigenvalue weighted by Gasteiger charge is 2.37. The number of piperidine rings is 1. The van der Waals surface area contributed by atoms with Gasteiger partial charge in [-0.1, -0.05) is 6.42 Å². The third-order valence-electron chi connectivity index (χ3n) is 3.97. The second-order valence-electron chi connectivity index (χ2n) is 5.67. The number of sulfonamides is 1. The second kappa shape index (κ2) is 6.13. The quantitative estimate of drug-likeness (QED) is 0.929. The van der Waals surface area contributed by atoms with Crippen molar-refractivity contribution in [2.24, 2.45) is 0 Å². The molecule has 4 nitrogen and oxygen atoms in total. The molecule has 0 aromatic carbocycles. The summed E-state index contributed by atoms with van der Waals surface area (Å²) in [7, 11) is -1.55. The molecule has 114 valence electrons. The summed E-state index contributed by atoms with van der Waals surface area (Å²) in [6.45, 7) is 6.53. The van der Waals surface area contributed by atoms with Gasteiger partial charge in [0.2, 0.25) is 10.0 Å². The second-order valence-corrected chi connectivity index (χ2v) is 8.41. The van der Waals surface area contributed by atoms with Crippen LogP contribution >= 0.6 is 11.3 Å². The minimum absolute atomic E-state index is 0.0884. The Kier molecular flexibility index (Phi) is 4.89. The Bertz CT molecular complexity index is 556. The lowest BCUT2D eigenvalue weighted by molar-refractivity contribution is 0.204. The smallest absolute Gasteiger partial charge is 0.244 e. The van der Waals surface area contributed by atoms with E-state index in [9.17, 15) is 8.42 Å². The van der Waals surface area contributed by atoms with Crippen LogP contribution < -0.4 is 5.32 Å². The first-order chi connectivity index (χ1) is 9.39. The SMILES string of the molecule is CNCc1scc(C)c1S(=O)(=O)N1[C@H](C)CCC[C@@H]1C. The van der Waals surface area contributed by atoms with E-state index in [-0.39, 0.29) is 12.1 Å². The van der Waals surface area contributed by atoms with Crippen molar-refractivity contribution < 1.29 is 8.42 Å². The Labute approximate surface area is 126 Å². The number of thiophene rings is 1. The molecule has 0 bridgehead atoms. The van der Waals surface area contributed by atoms with Gasteiger partial charge in [-0.2, -0.15) is 4.31 Å². The number of nitrogens with zero attached hydrogens (tertiary/aromatic N) is 1. The Morgan fingerprint density at radius 2 is 1.95 bits per heavy atom. The first kappa shape index (κ1) is 15.9. The molecule has 0 spiro atoms. The minimum atomic E-state index is -3.40. The highest BCUT2D eigenvalue weighted by Crippen LogP contribution is 2.34. The monoisotopic (exact) mass is 316 g/mol. The molecule has 1 saturated heterocycles. The van der Waals surface area contributed by atoms with Crippen molar-refractivity contribution in [3.63, 3.8) is 0 Å². The van der Waals surface area contributed by atoms with Gasteiger partial charge in [0.25, 0.3) is 0 Å². The third kappa shape index (κ3) is 2.79. The summed E-state index contributed by atoms with van der Waals surface area (Å²) in [6, 6.07) is 0.177. The van der Waals surface area contributed by atoms with Crippen LogP contribution in [0.4, 0.5) is 0 Å². The van der Waals surface area contributed by atoms with E-state index in [1.54, 1.807) is 4.31 Å². The molecule has 1 aliphatic heterocycles. The van der Waals surface area contributed by atoms with E-state index in [1.807, 2.05) is 33.2 Å². The zero-order valence-corrected chi connectivity index (χ0v) is 14.3. The molecular weight excluding hydrogens is 292 g/mol. The Balaban J connectivity index is 2.46. The van der Waals surface area contributed by atoms with Crippen LogP contribution in [-0.2, 0) is 16.6 Å². The van der Waals surface area contributed by atoms with Gasteiger partial charge >= 0.3 is 0 Å². The van der Waals surface area contributed by atoms with Crippen LogP contribution in [0, 0.1) is 6.92 Å². The molecule has 0 amide bonds. The molecule has 6 heteroatoms. The van der Waals surface area contributed by atoms with Gasteiger partial charge in [0.1, 0.15) is 4.90 Å². The van der Waals surface area contributed by atoms with Crippen molar-refractivity contribution in [2.75, 3.05) is 7.05 Å². The highest BCUT2D eigenvalue weighted by atomic mass is 32.2. The van der Waals surface area contributed by atoms with Gasteiger partial charge < -0.3 is 5.32 Å². The van der Waals surface area contributed by atoms with Gasteiger partial charge in [0.15, 0.2) is 0 Å². The Hall–Kier alpha value is -0.430. The summed E-state index contributed by atoms with van der Waals surface area (Å²) in [5.74, 6) is 0.